The fourth-order valence-corrected chi connectivity index (χ4v) is 3.80. The molecule has 0 fully saturated rings. The van der Waals surface area contributed by atoms with E-state index in [1.165, 1.54) is 36.8 Å². The molecule has 1 aromatic heterocycles. The third-order valence-electron chi connectivity index (χ3n) is 5.50. The van der Waals surface area contributed by atoms with E-state index in [0.717, 1.165) is 18.0 Å². The van der Waals surface area contributed by atoms with Gasteiger partial charge in [-0.2, -0.15) is 0 Å². The fourth-order valence-electron chi connectivity index (χ4n) is 3.80. The highest BCUT2D eigenvalue weighted by Gasteiger charge is 2.12. The van der Waals surface area contributed by atoms with E-state index in [9.17, 15) is 0 Å². The lowest BCUT2D eigenvalue weighted by molar-refractivity contribution is 0.301. The molecule has 0 amide bonds. The number of nitrogens with zero attached hydrogens (tertiary/aromatic N) is 1. The van der Waals surface area contributed by atoms with Gasteiger partial charge in [0.05, 0.1) is 5.69 Å². The molecule has 1 unspecified atom stereocenters. The highest BCUT2D eigenvalue weighted by Crippen LogP contribution is 2.25. The van der Waals surface area contributed by atoms with Crippen LogP contribution in [-0.2, 0) is 26.0 Å². The van der Waals surface area contributed by atoms with Crippen LogP contribution >= 0.6 is 0 Å². The first-order valence-corrected chi connectivity index (χ1v) is 10.2. The van der Waals surface area contributed by atoms with Gasteiger partial charge in [-0.25, -0.2) is 0 Å². The Kier molecular flexibility index (Phi) is 6.03. The molecule has 1 heterocycles. The SMILES string of the molecule is CC(NCc1cccc(OCc2ccccn2)c1)c1ccc2c(c1)CCCC2. The Hall–Kier alpha value is -2.65. The van der Waals surface area contributed by atoms with Crippen molar-refractivity contribution < 1.29 is 4.74 Å². The predicted molar refractivity (Wildman–Crippen MR) is 113 cm³/mol. The molecule has 1 atom stereocenters. The second kappa shape index (κ2) is 9.03. The quantitative estimate of drug-likeness (QED) is 0.604. The first kappa shape index (κ1) is 18.7. The van der Waals surface area contributed by atoms with Crippen LogP contribution in [0.5, 0.6) is 5.75 Å². The van der Waals surface area contributed by atoms with E-state index < -0.39 is 0 Å². The van der Waals surface area contributed by atoms with Crippen LogP contribution in [0.15, 0.2) is 66.9 Å². The van der Waals surface area contributed by atoms with Gasteiger partial charge in [-0.15, -0.1) is 0 Å². The summed E-state index contributed by atoms with van der Waals surface area (Å²) in [4.78, 5) is 4.30. The number of rotatable bonds is 7. The monoisotopic (exact) mass is 372 g/mol. The number of hydrogen-bond acceptors (Lipinski definition) is 3. The van der Waals surface area contributed by atoms with Crippen LogP contribution in [0.3, 0.4) is 0 Å². The van der Waals surface area contributed by atoms with Crippen molar-refractivity contribution in [1.29, 1.82) is 0 Å². The van der Waals surface area contributed by atoms with Gasteiger partial charge >= 0.3 is 0 Å². The van der Waals surface area contributed by atoms with Crippen molar-refractivity contribution in [3.8, 4) is 5.75 Å². The molecule has 4 rings (SSSR count). The lowest BCUT2D eigenvalue weighted by Crippen LogP contribution is -2.18. The molecular formula is C25H28N2O. The number of fused-ring (bicyclic) bond motifs is 1. The summed E-state index contributed by atoms with van der Waals surface area (Å²) >= 11 is 0. The topological polar surface area (TPSA) is 34.1 Å². The molecule has 0 radical (unpaired) electrons. The Labute approximate surface area is 167 Å². The maximum atomic E-state index is 5.90. The number of benzene rings is 2. The number of nitrogens with one attached hydrogen (secondary N) is 1. The van der Waals surface area contributed by atoms with Crippen LogP contribution < -0.4 is 10.1 Å². The van der Waals surface area contributed by atoms with E-state index in [1.807, 2.05) is 30.3 Å². The summed E-state index contributed by atoms with van der Waals surface area (Å²) in [6.07, 6.45) is 6.91. The third kappa shape index (κ3) is 4.79. The van der Waals surface area contributed by atoms with Crippen LogP contribution in [0, 0.1) is 0 Å². The van der Waals surface area contributed by atoms with Crippen LogP contribution in [0.4, 0.5) is 0 Å². The number of pyridine rings is 1. The number of aromatic nitrogens is 1. The van der Waals surface area contributed by atoms with Gasteiger partial charge in [-0.05, 0) is 79.1 Å². The van der Waals surface area contributed by atoms with E-state index in [0.29, 0.717) is 12.6 Å². The normalized spacial score (nSPS) is 14.3. The second-order valence-corrected chi connectivity index (χ2v) is 7.59. The number of aryl methyl sites for hydroxylation is 2. The highest BCUT2D eigenvalue weighted by molar-refractivity contribution is 5.35. The van der Waals surface area contributed by atoms with Crippen molar-refractivity contribution in [2.75, 3.05) is 0 Å². The maximum Gasteiger partial charge on any atom is 0.130 e. The van der Waals surface area contributed by atoms with E-state index in [2.05, 4.69) is 47.6 Å². The zero-order valence-corrected chi connectivity index (χ0v) is 16.5. The Morgan fingerprint density at radius 2 is 1.86 bits per heavy atom. The molecule has 0 saturated heterocycles. The van der Waals surface area contributed by atoms with Gasteiger partial charge in [0, 0.05) is 18.8 Å². The van der Waals surface area contributed by atoms with Crippen molar-refractivity contribution in [1.82, 2.24) is 10.3 Å². The third-order valence-corrected chi connectivity index (χ3v) is 5.50. The minimum atomic E-state index is 0.324. The van der Waals surface area contributed by atoms with Gasteiger partial charge in [0.2, 0.25) is 0 Å². The summed E-state index contributed by atoms with van der Waals surface area (Å²) in [6.45, 7) is 3.55. The molecule has 28 heavy (non-hydrogen) atoms. The first-order chi connectivity index (χ1) is 13.8. The predicted octanol–water partition coefficient (Wildman–Crippen LogP) is 5.39. The molecule has 1 aliphatic rings. The van der Waals surface area contributed by atoms with Crippen LogP contribution in [0.25, 0.3) is 0 Å². The van der Waals surface area contributed by atoms with Gasteiger partial charge in [-0.3, -0.25) is 4.98 Å². The molecular weight excluding hydrogens is 344 g/mol. The van der Waals surface area contributed by atoms with Crippen LogP contribution in [0.1, 0.15) is 53.8 Å². The van der Waals surface area contributed by atoms with Crippen molar-refractivity contribution in [2.45, 2.75) is 51.8 Å². The number of ether oxygens (including phenoxy) is 1. The Morgan fingerprint density at radius 1 is 0.964 bits per heavy atom. The zero-order chi connectivity index (χ0) is 19.2. The molecule has 144 valence electrons. The lowest BCUT2D eigenvalue weighted by atomic mass is 9.89. The molecule has 2 aromatic carbocycles. The van der Waals surface area contributed by atoms with Crippen LogP contribution in [0.2, 0.25) is 0 Å². The van der Waals surface area contributed by atoms with Crippen molar-refractivity contribution in [2.24, 2.45) is 0 Å². The summed E-state index contributed by atoms with van der Waals surface area (Å²) < 4.78 is 5.90. The fraction of sp³-hybridized carbons (Fsp3) is 0.320. The standard InChI is InChI=1S/C25H28N2O/c1-19(22-13-12-21-8-2-3-9-23(21)16-22)27-17-20-7-6-11-25(15-20)28-18-24-10-4-5-14-26-24/h4-7,10-16,19,27H,2-3,8-9,17-18H2,1H3. The summed E-state index contributed by atoms with van der Waals surface area (Å²) in [7, 11) is 0. The van der Waals surface area contributed by atoms with Crippen molar-refractivity contribution >= 4 is 0 Å². The molecule has 3 aromatic rings. The molecule has 0 aliphatic heterocycles. The largest absolute Gasteiger partial charge is 0.487 e. The van der Waals surface area contributed by atoms with Gasteiger partial charge in [0.25, 0.3) is 0 Å². The first-order valence-electron chi connectivity index (χ1n) is 10.2. The highest BCUT2D eigenvalue weighted by atomic mass is 16.5. The molecule has 0 saturated carbocycles. The summed E-state index contributed by atoms with van der Waals surface area (Å²) in [6, 6.07) is 21.5. The maximum absolute atomic E-state index is 5.90. The molecule has 3 heteroatoms. The van der Waals surface area contributed by atoms with Crippen molar-refractivity contribution in [3.63, 3.8) is 0 Å². The smallest absolute Gasteiger partial charge is 0.130 e. The number of hydrogen-bond donors (Lipinski definition) is 1. The van der Waals surface area contributed by atoms with E-state index >= 15 is 0 Å². The molecule has 3 nitrogen and oxygen atoms in total. The van der Waals surface area contributed by atoms with Crippen LogP contribution in [-0.4, -0.2) is 4.98 Å². The van der Waals surface area contributed by atoms with E-state index in [4.69, 9.17) is 4.74 Å². The Morgan fingerprint density at radius 3 is 2.71 bits per heavy atom. The second-order valence-electron chi connectivity index (χ2n) is 7.59. The Bertz CT molecular complexity index is 907. The van der Waals surface area contributed by atoms with Gasteiger partial charge in [0.15, 0.2) is 0 Å². The summed E-state index contributed by atoms with van der Waals surface area (Å²) in [5, 5.41) is 3.66. The lowest BCUT2D eigenvalue weighted by Gasteiger charge is -2.20. The molecule has 0 bridgehead atoms. The van der Waals surface area contributed by atoms with Gasteiger partial charge in [0.1, 0.15) is 12.4 Å². The molecule has 1 N–H and O–H groups in total. The average Bonchev–Trinajstić information content (AvgIpc) is 2.77. The average molecular weight is 373 g/mol. The van der Waals surface area contributed by atoms with Crippen molar-refractivity contribution in [3.05, 3.63) is 94.8 Å². The van der Waals surface area contributed by atoms with Gasteiger partial charge < -0.3 is 10.1 Å². The summed E-state index contributed by atoms with van der Waals surface area (Å²) in [5.41, 5.74) is 6.63. The zero-order valence-electron chi connectivity index (χ0n) is 16.5. The van der Waals surface area contributed by atoms with E-state index in [-0.39, 0.29) is 0 Å². The molecule has 0 spiro atoms. The Balaban J connectivity index is 1.34. The minimum Gasteiger partial charge on any atom is -0.487 e. The van der Waals surface area contributed by atoms with E-state index in [1.54, 1.807) is 17.3 Å². The van der Waals surface area contributed by atoms with Gasteiger partial charge in [-0.1, -0.05) is 36.4 Å². The molecule has 1 aliphatic carbocycles. The minimum absolute atomic E-state index is 0.324. The summed E-state index contributed by atoms with van der Waals surface area (Å²) in [5.74, 6) is 0.881.